The SMILES string of the molecule is FC(F)(C(Br)Br)C12CC3C[C@](F)(C1)C[C@](F)(C3)C2. The maximum Gasteiger partial charge on any atom is 0.275 e. The minimum Gasteiger partial charge on any atom is -0.244 e. The van der Waals surface area contributed by atoms with Crippen molar-refractivity contribution < 1.29 is 17.6 Å². The Morgan fingerprint density at radius 2 is 1.44 bits per heavy atom. The van der Waals surface area contributed by atoms with Gasteiger partial charge in [-0.05, 0) is 38.0 Å². The lowest BCUT2D eigenvalue weighted by atomic mass is 9.46. The second kappa shape index (κ2) is 3.66. The Morgan fingerprint density at radius 1 is 0.944 bits per heavy atom. The van der Waals surface area contributed by atoms with Crippen molar-refractivity contribution in [3.8, 4) is 0 Å². The van der Waals surface area contributed by atoms with Crippen LogP contribution in [0, 0.1) is 11.3 Å². The van der Waals surface area contributed by atoms with Gasteiger partial charge in [-0.15, -0.1) is 0 Å². The first-order valence-electron chi connectivity index (χ1n) is 6.14. The molecule has 0 saturated heterocycles. The molecule has 0 aliphatic heterocycles. The summed E-state index contributed by atoms with van der Waals surface area (Å²) in [5.74, 6) is -3.37. The third-order valence-electron chi connectivity index (χ3n) is 4.91. The summed E-state index contributed by atoms with van der Waals surface area (Å²) in [6.45, 7) is 0. The standard InChI is InChI=1S/C12H14Br2F4/c13-8(14)12(17,18)9-1-7-2-10(15,4-9)6-11(16,3-7)5-9/h7-8H,1-6H2/t7?,9?,10-,11-/m0/s1. The Balaban J connectivity index is 2.04. The van der Waals surface area contributed by atoms with Crippen molar-refractivity contribution in [3.05, 3.63) is 0 Å². The van der Waals surface area contributed by atoms with Crippen LogP contribution in [0.15, 0.2) is 0 Å². The molecule has 4 saturated carbocycles. The topological polar surface area (TPSA) is 0 Å². The molecule has 6 heteroatoms. The highest BCUT2D eigenvalue weighted by molar-refractivity contribution is 9.24. The van der Waals surface area contributed by atoms with Crippen LogP contribution in [0.2, 0.25) is 0 Å². The third-order valence-corrected chi connectivity index (χ3v) is 6.06. The lowest BCUT2D eigenvalue weighted by molar-refractivity contribution is -0.248. The lowest BCUT2D eigenvalue weighted by Crippen LogP contribution is -2.65. The summed E-state index contributed by atoms with van der Waals surface area (Å²) >= 11 is 5.69. The van der Waals surface area contributed by atoms with Crippen molar-refractivity contribution >= 4 is 31.9 Å². The zero-order valence-electron chi connectivity index (χ0n) is 9.67. The first-order valence-corrected chi connectivity index (χ1v) is 7.97. The van der Waals surface area contributed by atoms with E-state index in [4.69, 9.17) is 0 Å². The summed E-state index contributed by atoms with van der Waals surface area (Å²) in [6.07, 6.45) is 0.151. The van der Waals surface area contributed by atoms with Gasteiger partial charge in [0.1, 0.15) is 15.1 Å². The molecule has 2 atom stereocenters. The van der Waals surface area contributed by atoms with Crippen LogP contribution < -0.4 is 0 Å². The molecular weight excluding hydrogens is 380 g/mol. The molecule has 0 aromatic carbocycles. The number of halogens is 6. The number of hydrogen-bond donors (Lipinski definition) is 0. The predicted molar refractivity (Wildman–Crippen MR) is 67.9 cm³/mol. The molecule has 0 aromatic rings. The van der Waals surface area contributed by atoms with Crippen molar-refractivity contribution in [2.75, 3.05) is 0 Å². The Bertz CT molecular complexity index is 366. The summed E-state index contributed by atoms with van der Waals surface area (Å²) in [6, 6.07) is 0. The molecule has 4 aliphatic carbocycles. The molecule has 0 heterocycles. The molecule has 0 aromatic heterocycles. The van der Waals surface area contributed by atoms with Gasteiger partial charge in [0.2, 0.25) is 0 Å². The Morgan fingerprint density at radius 3 is 1.83 bits per heavy atom. The molecule has 0 spiro atoms. The van der Waals surface area contributed by atoms with Crippen molar-refractivity contribution in [2.45, 2.75) is 59.5 Å². The van der Waals surface area contributed by atoms with E-state index in [0.717, 1.165) is 0 Å². The van der Waals surface area contributed by atoms with E-state index >= 15 is 0 Å². The molecular formula is C12H14Br2F4. The van der Waals surface area contributed by atoms with Crippen LogP contribution in [0.4, 0.5) is 17.6 Å². The fraction of sp³-hybridized carbons (Fsp3) is 1.00. The Hall–Kier alpha value is 0.680. The van der Waals surface area contributed by atoms with Gasteiger partial charge in [-0.1, -0.05) is 31.9 Å². The monoisotopic (exact) mass is 392 g/mol. The zero-order valence-corrected chi connectivity index (χ0v) is 12.8. The number of hydrogen-bond acceptors (Lipinski definition) is 0. The summed E-state index contributed by atoms with van der Waals surface area (Å²) < 4.78 is 56.7. The summed E-state index contributed by atoms with van der Waals surface area (Å²) in [5.41, 5.74) is -4.99. The largest absolute Gasteiger partial charge is 0.275 e. The van der Waals surface area contributed by atoms with E-state index in [2.05, 4.69) is 31.9 Å². The molecule has 0 radical (unpaired) electrons. The van der Waals surface area contributed by atoms with Crippen LogP contribution in [0.5, 0.6) is 0 Å². The van der Waals surface area contributed by atoms with Crippen molar-refractivity contribution in [3.63, 3.8) is 0 Å². The van der Waals surface area contributed by atoms with Crippen LogP contribution in [-0.2, 0) is 0 Å². The van der Waals surface area contributed by atoms with Crippen LogP contribution >= 0.6 is 31.9 Å². The maximum atomic E-state index is 14.6. The highest BCUT2D eigenvalue weighted by Gasteiger charge is 2.72. The number of alkyl halides is 6. The molecule has 4 aliphatic rings. The van der Waals surface area contributed by atoms with Gasteiger partial charge in [0.25, 0.3) is 5.92 Å². The van der Waals surface area contributed by atoms with Crippen molar-refractivity contribution in [1.29, 1.82) is 0 Å². The predicted octanol–water partition coefficient (Wildman–Crippen LogP) is 5.14. The van der Waals surface area contributed by atoms with Gasteiger partial charge >= 0.3 is 0 Å². The minimum atomic E-state index is -3.14. The average Bonchev–Trinajstić information content (AvgIpc) is 2.10. The van der Waals surface area contributed by atoms with E-state index in [1.165, 1.54) is 0 Å². The molecule has 0 nitrogen and oxygen atoms in total. The van der Waals surface area contributed by atoms with E-state index in [9.17, 15) is 17.6 Å². The van der Waals surface area contributed by atoms with Crippen molar-refractivity contribution in [2.24, 2.45) is 11.3 Å². The van der Waals surface area contributed by atoms with Gasteiger partial charge in [-0.25, -0.2) is 17.6 Å². The second-order valence-electron chi connectivity index (χ2n) is 6.51. The molecule has 104 valence electrons. The minimum absolute atomic E-state index is 0.191. The summed E-state index contributed by atoms with van der Waals surface area (Å²) in [7, 11) is 0. The van der Waals surface area contributed by atoms with Gasteiger partial charge in [-0.2, -0.15) is 0 Å². The zero-order chi connectivity index (χ0) is 13.4. The third kappa shape index (κ3) is 1.73. The van der Waals surface area contributed by atoms with Crippen LogP contribution in [-0.4, -0.2) is 21.0 Å². The lowest BCUT2D eigenvalue weighted by Gasteiger charge is -2.63. The Kier molecular flexibility index (Phi) is 2.77. The fourth-order valence-corrected chi connectivity index (χ4v) is 5.78. The maximum absolute atomic E-state index is 14.6. The van der Waals surface area contributed by atoms with E-state index < -0.39 is 26.4 Å². The highest BCUT2D eigenvalue weighted by Crippen LogP contribution is 2.70. The highest BCUT2D eigenvalue weighted by atomic mass is 79.9. The van der Waals surface area contributed by atoms with Gasteiger partial charge in [0, 0.05) is 11.8 Å². The van der Waals surface area contributed by atoms with Gasteiger partial charge in [-0.3, -0.25) is 0 Å². The molecule has 0 amide bonds. The first-order chi connectivity index (χ1) is 8.10. The van der Waals surface area contributed by atoms with Crippen LogP contribution in [0.25, 0.3) is 0 Å². The fourth-order valence-electron chi connectivity index (χ4n) is 4.81. The van der Waals surface area contributed by atoms with Gasteiger partial charge < -0.3 is 0 Å². The first kappa shape index (κ1) is 13.7. The van der Waals surface area contributed by atoms with Gasteiger partial charge in [0.05, 0.1) is 0 Å². The molecule has 0 N–H and O–H groups in total. The molecule has 0 unspecified atom stereocenters. The summed E-state index contributed by atoms with van der Waals surface area (Å²) in [4.78, 5) is 0. The van der Waals surface area contributed by atoms with Crippen molar-refractivity contribution in [1.82, 2.24) is 0 Å². The van der Waals surface area contributed by atoms with Crippen LogP contribution in [0.3, 0.4) is 0 Å². The van der Waals surface area contributed by atoms with E-state index in [0.29, 0.717) is 0 Å². The Labute approximate surface area is 120 Å². The summed E-state index contributed by atoms with van der Waals surface area (Å²) in [5, 5.41) is 0. The van der Waals surface area contributed by atoms with E-state index in [1.807, 2.05) is 0 Å². The molecule has 18 heavy (non-hydrogen) atoms. The van der Waals surface area contributed by atoms with E-state index in [-0.39, 0.29) is 44.4 Å². The number of rotatable bonds is 2. The van der Waals surface area contributed by atoms with E-state index in [1.54, 1.807) is 0 Å². The normalized spacial score (nSPS) is 51.2. The van der Waals surface area contributed by atoms with Crippen LogP contribution in [0.1, 0.15) is 38.5 Å². The molecule has 4 fully saturated rings. The van der Waals surface area contributed by atoms with Gasteiger partial charge in [0.15, 0.2) is 0 Å². The average molecular weight is 394 g/mol. The molecule has 4 rings (SSSR count). The smallest absolute Gasteiger partial charge is 0.244 e. The molecule has 4 bridgehead atoms. The quantitative estimate of drug-likeness (QED) is 0.450. The second-order valence-corrected chi connectivity index (χ2v) is 9.57.